The summed E-state index contributed by atoms with van der Waals surface area (Å²) in [6, 6.07) is 4.33. The molecule has 0 aliphatic carbocycles. The number of β-amino-alcohol motifs (C(OH)–C–C–N with tert-alkyl or cyclic N) is 1. The van der Waals surface area contributed by atoms with E-state index in [1.807, 2.05) is 19.0 Å². The number of halogens is 1. The lowest BCUT2D eigenvalue weighted by atomic mass is 10.2. The number of nitrogen functional groups attached to an aromatic ring is 1. The highest BCUT2D eigenvalue weighted by molar-refractivity contribution is 9.10. The molecule has 1 aliphatic heterocycles. The van der Waals surface area contributed by atoms with Crippen LogP contribution in [0.4, 0.5) is 5.69 Å². The SMILES string of the molecule is CN(C)CC1CC(O)CN1S(=O)(=O)c1ccc(N)c(Br)c1. The molecule has 1 heterocycles. The zero-order chi connectivity index (χ0) is 15.8. The van der Waals surface area contributed by atoms with Gasteiger partial charge in [-0.3, -0.25) is 0 Å². The lowest BCUT2D eigenvalue weighted by Crippen LogP contribution is -2.41. The fraction of sp³-hybridized carbons (Fsp3) is 0.538. The van der Waals surface area contributed by atoms with Crippen molar-refractivity contribution in [3.05, 3.63) is 22.7 Å². The van der Waals surface area contributed by atoms with E-state index in [4.69, 9.17) is 5.73 Å². The van der Waals surface area contributed by atoms with E-state index >= 15 is 0 Å². The number of hydrogen-bond donors (Lipinski definition) is 2. The summed E-state index contributed by atoms with van der Waals surface area (Å²) in [7, 11) is 0.124. The number of anilines is 1. The van der Waals surface area contributed by atoms with Gasteiger partial charge in [0.25, 0.3) is 0 Å². The van der Waals surface area contributed by atoms with Crippen molar-refractivity contribution in [2.75, 3.05) is 32.9 Å². The van der Waals surface area contributed by atoms with E-state index in [2.05, 4.69) is 15.9 Å². The van der Waals surface area contributed by atoms with Gasteiger partial charge in [-0.2, -0.15) is 4.31 Å². The number of likely N-dealkylation sites (N-methyl/N-ethyl adjacent to an activating group) is 1. The number of nitrogens with zero attached hydrogens (tertiary/aromatic N) is 2. The van der Waals surface area contributed by atoms with Crippen molar-refractivity contribution in [3.63, 3.8) is 0 Å². The Labute approximate surface area is 133 Å². The van der Waals surface area contributed by atoms with E-state index in [1.165, 1.54) is 16.4 Å². The van der Waals surface area contributed by atoms with Gasteiger partial charge in [-0.1, -0.05) is 0 Å². The summed E-state index contributed by atoms with van der Waals surface area (Å²) in [4.78, 5) is 2.10. The molecule has 0 radical (unpaired) electrons. The van der Waals surface area contributed by atoms with Crippen molar-refractivity contribution in [2.24, 2.45) is 0 Å². The molecule has 2 rings (SSSR count). The second-order valence-corrected chi connectivity index (χ2v) is 8.31. The number of nitrogens with two attached hydrogens (primary N) is 1. The van der Waals surface area contributed by atoms with E-state index in [0.29, 0.717) is 23.1 Å². The van der Waals surface area contributed by atoms with Crippen LogP contribution in [-0.2, 0) is 10.0 Å². The fourth-order valence-electron chi connectivity index (χ4n) is 2.55. The molecule has 1 aromatic carbocycles. The molecule has 1 fully saturated rings. The van der Waals surface area contributed by atoms with Crippen LogP contribution in [0.1, 0.15) is 6.42 Å². The van der Waals surface area contributed by atoms with Crippen molar-refractivity contribution in [1.82, 2.24) is 9.21 Å². The molecule has 1 saturated heterocycles. The molecule has 2 atom stereocenters. The van der Waals surface area contributed by atoms with Gasteiger partial charge < -0.3 is 15.7 Å². The molecular weight excluding hydrogens is 358 g/mol. The molecule has 1 aliphatic rings. The molecule has 1 aromatic rings. The van der Waals surface area contributed by atoms with Crippen LogP contribution in [0.15, 0.2) is 27.6 Å². The highest BCUT2D eigenvalue weighted by Crippen LogP contribution is 2.29. The lowest BCUT2D eigenvalue weighted by Gasteiger charge is -2.26. The Kier molecular flexibility index (Phi) is 4.94. The Bertz CT molecular complexity index is 621. The second-order valence-electron chi connectivity index (χ2n) is 5.56. The Morgan fingerprint density at radius 1 is 1.48 bits per heavy atom. The Balaban J connectivity index is 2.34. The van der Waals surface area contributed by atoms with Gasteiger partial charge in [-0.05, 0) is 54.6 Å². The minimum Gasteiger partial charge on any atom is -0.398 e. The molecule has 0 aromatic heterocycles. The first-order valence-corrected chi connectivity index (χ1v) is 8.85. The van der Waals surface area contributed by atoms with Crippen LogP contribution in [0, 0.1) is 0 Å². The largest absolute Gasteiger partial charge is 0.398 e. The van der Waals surface area contributed by atoms with E-state index in [9.17, 15) is 13.5 Å². The topological polar surface area (TPSA) is 86.9 Å². The zero-order valence-electron chi connectivity index (χ0n) is 12.0. The van der Waals surface area contributed by atoms with Gasteiger partial charge in [0.2, 0.25) is 10.0 Å². The van der Waals surface area contributed by atoms with Gasteiger partial charge >= 0.3 is 0 Å². The minimum atomic E-state index is -3.64. The van der Waals surface area contributed by atoms with Gasteiger partial charge in [0, 0.05) is 29.3 Å². The summed E-state index contributed by atoms with van der Waals surface area (Å²) in [6.07, 6.45) is -0.171. The normalized spacial score (nSPS) is 23.9. The van der Waals surface area contributed by atoms with Crippen LogP contribution in [0.25, 0.3) is 0 Å². The minimum absolute atomic E-state index is 0.128. The number of aliphatic hydroxyl groups is 1. The molecule has 3 N–H and O–H groups in total. The maximum Gasteiger partial charge on any atom is 0.243 e. The second kappa shape index (κ2) is 6.21. The highest BCUT2D eigenvalue weighted by Gasteiger charge is 2.39. The quantitative estimate of drug-likeness (QED) is 0.754. The van der Waals surface area contributed by atoms with Gasteiger partial charge in [0.1, 0.15) is 0 Å². The first kappa shape index (κ1) is 16.7. The number of rotatable bonds is 4. The monoisotopic (exact) mass is 377 g/mol. The maximum absolute atomic E-state index is 12.8. The molecule has 8 heteroatoms. The third kappa shape index (κ3) is 3.57. The Morgan fingerprint density at radius 2 is 2.14 bits per heavy atom. The summed E-state index contributed by atoms with van der Waals surface area (Å²) in [5.74, 6) is 0. The van der Waals surface area contributed by atoms with Crippen molar-refractivity contribution >= 4 is 31.6 Å². The van der Waals surface area contributed by atoms with Crippen LogP contribution < -0.4 is 5.73 Å². The smallest absolute Gasteiger partial charge is 0.243 e. The van der Waals surface area contributed by atoms with Gasteiger partial charge in [0.15, 0.2) is 0 Å². The predicted molar refractivity (Wildman–Crippen MR) is 85.4 cm³/mol. The van der Waals surface area contributed by atoms with E-state index < -0.39 is 16.1 Å². The first-order valence-electron chi connectivity index (χ1n) is 6.61. The molecule has 21 heavy (non-hydrogen) atoms. The first-order chi connectivity index (χ1) is 9.71. The Hall–Kier alpha value is -0.670. The summed E-state index contributed by atoms with van der Waals surface area (Å²) < 4.78 is 27.5. The molecule has 0 amide bonds. The standard InChI is InChI=1S/C13H20BrN3O3S/c1-16(2)7-9-5-10(18)8-17(9)21(19,20)11-3-4-13(15)12(14)6-11/h3-4,6,9-10,18H,5,7-8,15H2,1-2H3. The molecular formula is C13H20BrN3O3S. The highest BCUT2D eigenvalue weighted by atomic mass is 79.9. The average molecular weight is 378 g/mol. The molecule has 0 bridgehead atoms. The van der Waals surface area contributed by atoms with E-state index in [0.717, 1.165) is 0 Å². The van der Waals surface area contributed by atoms with Crippen LogP contribution in [0.2, 0.25) is 0 Å². The maximum atomic E-state index is 12.8. The predicted octanol–water partition coefficient (Wildman–Crippen LogP) is 0.717. The van der Waals surface area contributed by atoms with Crippen molar-refractivity contribution in [1.29, 1.82) is 0 Å². The van der Waals surface area contributed by atoms with E-state index in [1.54, 1.807) is 6.07 Å². The van der Waals surface area contributed by atoms with Gasteiger partial charge in [-0.25, -0.2) is 8.42 Å². The molecule has 0 saturated carbocycles. The summed E-state index contributed by atoms with van der Waals surface area (Å²) >= 11 is 3.25. The van der Waals surface area contributed by atoms with Crippen LogP contribution in [-0.4, -0.2) is 62.1 Å². The lowest BCUT2D eigenvalue weighted by molar-refractivity contribution is 0.188. The van der Waals surface area contributed by atoms with Crippen LogP contribution in [0.5, 0.6) is 0 Å². The van der Waals surface area contributed by atoms with Crippen molar-refractivity contribution < 1.29 is 13.5 Å². The third-order valence-corrected chi connectivity index (χ3v) is 6.10. The summed E-state index contributed by atoms with van der Waals surface area (Å²) in [6.45, 7) is 0.704. The van der Waals surface area contributed by atoms with Crippen LogP contribution >= 0.6 is 15.9 Å². The Morgan fingerprint density at radius 3 is 2.71 bits per heavy atom. The molecule has 2 unspecified atom stereocenters. The molecule has 6 nitrogen and oxygen atoms in total. The summed E-state index contributed by atoms with van der Waals surface area (Å²) in [5, 5.41) is 9.84. The number of hydrogen-bond acceptors (Lipinski definition) is 5. The van der Waals surface area contributed by atoms with Crippen molar-refractivity contribution in [3.8, 4) is 0 Å². The number of benzene rings is 1. The third-order valence-electron chi connectivity index (χ3n) is 3.50. The van der Waals surface area contributed by atoms with Crippen LogP contribution in [0.3, 0.4) is 0 Å². The zero-order valence-corrected chi connectivity index (χ0v) is 14.4. The molecule has 118 valence electrons. The van der Waals surface area contributed by atoms with Gasteiger partial charge in [0.05, 0.1) is 11.0 Å². The fourth-order valence-corrected chi connectivity index (χ4v) is 4.77. The van der Waals surface area contributed by atoms with Crippen molar-refractivity contribution in [2.45, 2.75) is 23.5 Å². The van der Waals surface area contributed by atoms with E-state index in [-0.39, 0.29) is 17.5 Å². The number of aliphatic hydroxyl groups excluding tert-OH is 1. The molecule has 0 spiro atoms. The summed E-state index contributed by atoms with van der Waals surface area (Å²) in [5.41, 5.74) is 6.19. The van der Waals surface area contributed by atoms with Gasteiger partial charge in [-0.15, -0.1) is 0 Å². The number of sulfonamides is 1. The average Bonchev–Trinajstić information content (AvgIpc) is 2.73.